The summed E-state index contributed by atoms with van der Waals surface area (Å²) in [7, 11) is -3.59. The third-order valence-electron chi connectivity index (χ3n) is 3.78. The number of nitrogens with zero attached hydrogens (tertiary/aromatic N) is 1. The van der Waals surface area contributed by atoms with E-state index < -0.39 is 10.0 Å². The Bertz CT molecular complexity index is 786. The van der Waals surface area contributed by atoms with Gasteiger partial charge in [0.1, 0.15) is 4.90 Å². The second-order valence-electron chi connectivity index (χ2n) is 5.02. The fourth-order valence-electron chi connectivity index (χ4n) is 2.70. The molecule has 2 N–H and O–H groups in total. The van der Waals surface area contributed by atoms with Gasteiger partial charge in [0.05, 0.1) is 5.69 Å². The number of hydrogen-bond acceptors (Lipinski definition) is 4. The van der Waals surface area contributed by atoms with Crippen molar-refractivity contribution < 1.29 is 8.42 Å². The highest BCUT2D eigenvalue weighted by atomic mass is 79.9. The van der Waals surface area contributed by atoms with Crippen molar-refractivity contribution in [3.8, 4) is 0 Å². The number of nitrogens with two attached hydrogens (primary N) is 1. The van der Waals surface area contributed by atoms with Crippen LogP contribution in [-0.4, -0.2) is 19.3 Å². The topological polar surface area (TPSA) is 63.4 Å². The average molecular weight is 387 g/mol. The fourth-order valence-corrected chi connectivity index (χ4v) is 5.75. The maximum Gasteiger partial charge on any atom is 0.245 e. The standard InChI is InChI=1S/C14H15BrN2O2S2/c1-9-11-5-7-20-13(11)4-6-17(9)21(18,19)14-3-2-10(15)8-12(14)16/h2-3,5,7-9H,4,6,16H2,1H3. The number of sulfonamides is 1. The van der Waals surface area contributed by atoms with Crippen molar-refractivity contribution in [2.24, 2.45) is 0 Å². The van der Waals surface area contributed by atoms with E-state index in [2.05, 4.69) is 15.9 Å². The number of fused-ring (bicyclic) bond motifs is 1. The molecule has 0 radical (unpaired) electrons. The van der Waals surface area contributed by atoms with Crippen LogP contribution in [0.15, 0.2) is 39.0 Å². The zero-order valence-corrected chi connectivity index (χ0v) is 14.6. The van der Waals surface area contributed by atoms with E-state index in [4.69, 9.17) is 5.73 Å². The molecule has 1 unspecified atom stereocenters. The summed E-state index contributed by atoms with van der Waals surface area (Å²) in [6.07, 6.45) is 0.757. The van der Waals surface area contributed by atoms with Gasteiger partial charge in [0.15, 0.2) is 0 Å². The van der Waals surface area contributed by atoms with Crippen molar-refractivity contribution >= 4 is 43.0 Å². The molecule has 0 aliphatic carbocycles. The predicted molar refractivity (Wildman–Crippen MR) is 88.9 cm³/mol. The Labute approximate surface area is 136 Å². The van der Waals surface area contributed by atoms with Crippen LogP contribution in [0, 0.1) is 0 Å². The minimum atomic E-state index is -3.59. The fraction of sp³-hybridized carbons (Fsp3) is 0.286. The summed E-state index contributed by atoms with van der Waals surface area (Å²) < 4.78 is 28.1. The molecule has 21 heavy (non-hydrogen) atoms. The van der Waals surface area contributed by atoms with E-state index in [9.17, 15) is 8.42 Å². The Hall–Kier alpha value is -0.890. The highest BCUT2D eigenvalue weighted by Gasteiger charge is 2.35. The molecule has 0 amide bonds. The van der Waals surface area contributed by atoms with Gasteiger partial charge in [-0.2, -0.15) is 4.31 Å². The molecule has 1 aliphatic rings. The summed E-state index contributed by atoms with van der Waals surface area (Å²) in [6, 6.07) is 6.74. The summed E-state index contributed by atoms with van der Waals surface area (Å²) in [4.78, 5) is 1.45. The first-order valence-corrected chi connectivity index (χ1v) is 9.65. The summed E-state index contributed by atoms with van der Waals surface area (Å²) in [5.41, 5.74) is 7.27. The lowest BCUT2D eigenvalue weighted by atomic mass is 10.0. The Morgan fingerprint density at radius 3 is 2.86 bits per heavy atom. The van der Waals surface area contributed by atoms with E-state index in [-0.39, 0.29) is 16.6 Å². The van der Waals surface area contributed by atoms with Crippen LogP contribution in [0.3, 0.4) is 0 Å². The molecule has 1 aromatic carbocycles. The van der Waals surface area contributed by atoms with E-state index in [0.29, 0.717) is 6.54 Å². The molecule has 1 aliphatic heterocycles. The Balaban J connectivity index is 2.03. The normalized spacial score (nSPS) is 19.4. The third kappa shape index (κ3) is 2.52. The van der Waals surface area contributed by atoms with Crippen molar-refractivity contribution in [2.75, 3.05) is 12.3 Å². The zero-order valence-electron chi connectivity index (χ0n) is 11.4. The molecule has 0 spiro atoms. The van der Waals surface area contributed by atoms with Crippen LogP contribution in [-0.2, 0) is 16.4 Å². The largest absolute Gasteiger partial charge is 0.398 e. The van der Waals surface area contributed by atoms with E-state index >= 15 is 0 Å². The molecular formula is C14H15BrN2O2S2. The number of rotatable bonds is 2. The first-order chi connectivity index (χ1) is 9.91. The number of thiophene rings is 1. The van der Waals surface area contributed by atoms with Gasteiger partial charge >= 0.3 is 0 Å². The van der Waals surface area contributed by atoms with Crippen LogP contribution < -0.4 is 5.73 Å². The lowest BCUT2D eigenvalue weighted by Crippen LogP contribution is -2.38. The lowest BCUT2D eigenvalue weighted by Gasteiger charge is -2.32. The van der Waals surface area contributed by atoms with E-state index in [1.807, 2.05) is 18.4 Å². The number of hydrogen-bond donors (Lipinski definition) is 1. The summed E-state index contributed by atoms with van der Waals surface area (Å²) >= 11 is 4.99. The SMILES string of the molecule is CC1c2ccsc2CCN1S(=O)(=O)c1ccc(Br)cc1N. The zero-order chi connectivity index (χ0) is 15.2. The van der Waals surface area contributed by atoms with Gasteiger partial charge in [-0.25, -0.2) is 8.42 Å². The highest BCUT2D eigenvalue weighted by molar-refractivity contribution is 9.10. The number of anilines is 1. The molecule has 112 valence electrons. The summed E-state index contributed by atoms with van der Waals surface area (Å²) in [6.45, 7) is 2.42. The maximum atomic E-state index is 12.9. The van der Waals surface area contributed by atoms with E-state index in [1.165, 1.54) is 4.88 Å². The van der Waals surface area contributed by atoms with Crippen molar-refractivity contribution in [3.05, 3.63) is 44.6 Å². The highest BCUT2D eigenvalue weighted by Crippen LogP contribution is 2.37. The lowest BCUT2D eigenvalue weighted by molar-refractivity contribution is 0.329. The van der Waals surface area contributed by atoms with Crippen LogP contribution in [0.1, 0.15) is 23.4 Å². The number of halogens is 1. The van der Waals surface area contributed by atoms with E-state index in [0.717, 1.165) is 16.5 Å². The average Bonchev–Trinajstić information content (AvgIpc) is 2.87. The minimum absolute atomic E-state index is 0.159. The van der Waals surface area contributed by atoms with Gasteiger partial charge in [0, 0.05) is 21.9 Å². The quantitative estimate of drug-likeness (QED) is 0.804. The molecule has 0 saturated heterocycles. The molecule has 2 aromatic rings. The predicted octanol–water partition coefficient (Wildman–Crippen LogP) is 3.40. The van der Waals surface area contributed by atoms with Gasteiger partial charge in [-0.05, 0) is 48.6 Å². The molecule has 0 bridgehead atoms. The van der Waals surface area contributed by atoms with Crippen molar-refractivity contribution in [1.29, 1.82) is 0 Å². The first-order valence-electron chi connectivity index (χ1n) is 6.54. The van der Waals surface area contributed by atoms with Gasteiger partial charge in [-0.1, -0.05) is 15.9 Å². The van der Waals surface area contributed by atoms with Crippen LogP contribution >= 0.6 is 27.3 Å². The molecule has 2 heterocycles. The van der Waals surface area contributed by atoms with Crippen LogP contribution in [0.4, 0.5) is 5.69 Å². The summed E-state index contributed by atoms with van der Waals surface area (Å²) in [5, 5.41) is 2.02. The van der Waals surface area contributed by atoms with Gasteiger partial charge in [-0.3, -0.25) is 0 Å². The summed E-state index contributed by atoms with van der Waals surface area (Å²) in [5.74, 6) is 0. The van der Waals surface area contributed by atoms with Crippen LogP contribution in [0.2, 0.25) is 0 Å². The Kier molecular flexibility index (Phi) is 3.85. The second kappa shape index (κ2) is 5.39. The molecule has 3 rings (SSSR count). The van der Waals surface area contributed by atoms with Crippen LogP contribution in [0.25, 0.3) is 0 Å². The molecule has 7 heteroatoms. The van der Waals surface area contributed by atoms with Crippen molar-refractivity contribution in [1.82, 2.24) is 4.31 Å². The molecule has 1 atom stereocenters. The molecule has 4 nitrogen and oxygen atoms in total. The van der Waals surface area contributed by atoms with E-state index in [1.54, 1.807) is 33.8 Å². The van der Waals surface area contributed by atoms with Crippen molar-refractivity contribution in [3.63, 3.8) is 0 Å². The maximum absolute atomic E-state index is 12.9. The molecular weight excluding hydrogens is 372 g/mol. The molecule has 0 fully saturated rings. The smallest absolute Gasteiger partial charge is 0.245 e. The Morgan fingerprint density at radius 2 is 2.14 bits per heavy atom. The number of benzene rings is 1. The molecule has 0 saturated carbocycles. The van der Waals surface area contributed by atoms with Gasteiger partial charge < -0.3 is 5.73 Å². The molecule has 1 aromatic heterocycles. The minimum Gasteiger partial charge on any atom is -0.398 e. The van der Waals surface area contributed by atoms with Gasteiger partial charge in [0.25, 0.3) is 0 Å². The first kappa shape index (κ1) is 15.0. The monoisotopic (exact) mass is 386 g/mol. The van der Waals surface area contributed by atoms with Gasteiger partial charge in [-0.15, -0.1) is 11.3 Å². The second-order valence-corrected chi connectivity index (χ2v) is 8.80. The van der Waals surface area contributed by atoms with Crippen molar-refractivity contribution in [2.45, 2.75) is 24.3 Å². The third-order valence-corrected chi connectivity index (χ3v) is 7.31. The van der Waals surface area contributed by atoms with Gasteiger partial charge in [0.2, 0.25) is 10.0 Å². The Morgan fingerprint density at radius 1 is 1.38 bits per heavy atom. The van der Waals surface area contributed by atoms with Crippen LogP contribution in [0.5, 0.6) is 0 Å². The number of nitrogen functional groups attached to an aromatic ring is 1.